The molecule has 1 aromatic rings. The molecular formula is C12H12ClFN2O2. The molecule has 0 saturated carbocycles. The number of carbonyl (C=O) groups is 2. The third-order valence-corrected chi connectivity index (χ3v) is 3.07. The van der Waals surface area contributed by atoms with Crippen molar-refractivity contribution in [3.63, 3.8) is 0 Å². The fourth-order valence-electron chi connectivity index (χ4n) is 1.78. The van der Waals surface area contributed by atoms with Gasteiger partial charge in [0.25, 0.3) is 5.91 Å². The number of hydrogen-bond donors (Lipinski definition) is 1. The van der Waals surface area contributed by atoms with Crippen LogP contribution in [0.1, 0.15) is 16.8 Å². The summed E-state index contributed by atoms with van der Waals surface area (Å²) in [4.78, 5) is 24.8. The van der Waals surface area contributed by atoms with E-state index in [0.717, 1.165) is 6.07 Å². The van der Waals surface area contributed by atoms with E-state index >= 15 is 0 Å². The van der Waals surface area contributed by atoms with Gasteiger partial charge in [-0.1, -0.05) is 11.6 Å². The maximum atomic E-state index is 13.3. The Bertz CT molecular complexity index is 493. The van der Waals surface area contributed by atoms with Crippen LogP contribution in [0, 0.1) is 5.82 Å². The zero-order chi connectivity index (χ0) is 13.1. The summed E-state index contributed by atoms with van der Waals surface area (Å²) in [7, 11) is 0. The second-order valence-corrected chi connectivity index (χ2v) is 4.43. The summed E-state index contributed by atoms with van der Waals surface area (Å²) in [5, 5.41) is 2.66. The van der Waals surface area contributed by atoms with Crippen molar-refractivity contribution in [1.29, 1.82) is 0 Å². The van der Waals surface area contributed by atoms with Crippen molar-refractivity contribution < 1.29 is 14.0 Å². The molecule has 0 aromatic heterocycles. The molecule has 1 aliphatic rings. The highest BCUT2D eigenvalue weighted by Gasteiger charge is 2.20. The van der Waals surface area contributed by atoms with Crippen molar-refractivity contribution in [2.24, 2.45) is 0 Å². The number of amides is 2. The van der Waals surface area contributed by atoms with Crippen LogP contribution in [0.5, 0.6) is 0 Å². The highest BCUT2D eigenvalue weighted by atomic mass is 35.5. The van der Waals surface area contributed by atoms with Gasteiger partial charge in [-0.25, -0.2) is 4.39 Å². The molecule has 6 heteroatoms. The van der Waals surface area contributed by atoms with E-state index in [9.17, 15) is 14.0 Å². The van der Waals surface area contributed by atoms with Crippen molar-refractivity contribution in [2.45, 2.75) is 6.42 Å². The number of halogens is 2. The van der Waals surface area contributed by atoms with E-state index < -0.39 is 5.82 Å². The van der Waals surface area contributed by atoms with Crippen LogP contribution >= 0.6 is 11.6 Å². The normalized spacial score (nSPS) is 16.1. The Labute approximate surface area is 109 Å². The number of carbonyl (C=O) groups excluding carboxylic acids is 2. The van der Waals surface area contributed by atoms with Gasteiger partial charge in [0.05, 0.1) is 5.02 Å². The minimum atomic E-state index is -0.619. The van der Waals surface area contributed by atoms with Crippen molar-refractivity contribution in [2.75, 3.05) is 19.6 Å². The first-order chi connectivity index (χ1) is 8.58. The first kappa shape index (κ1) is 12.8. The third kappa shape index (κ3) is 2.79. The Morgan fingerprint density at radius 2 is 2.17 bits per heavy atom. The Morgan fingerprint density at radius 3 is 2.89 bits per heavy atom. The molecule has 4 nitrogen and oxygen atoms in total. The Morgan fingerprint density at radius 1 is 1.39 bits per heavy atom. The van der Waals surface area contributed by atoms with Crippen molar-refractivity contribution in [1.82, 2.24) is 10.2 Å². The number of nitrogens with one attached hydrogen (secondary N) is 1. The summed E-state index contributed by atoms with van der Waals surface area (Å²) in [5.74, 6) is -0.985. The van der Waals surface area contributed by atoms with Gasteiger partial charge in [0, 0.05) is 31.6 Å². The lowest BCUT2D eigenvalue weighted by atomic mass is 10.2. The van der Waals surface area contributed by atoms with Crippen LogP contribution in [0.3, 0.4) is 0 Å². The van der Waals surface area contributed by atoms with Crippen LogP contribution in [0.4, 0.5) is 4.39 Å². The number of hydrogen-bond acceptors (Lipinski definition) is 2. The molecule has 0 radical (unpaired) electrons. The van der Waals surface area contributed by atoms with Crippen LogP contribution in [0.15, 0.2) is 18.2 Å². The fourth-order valence-corrected chi connectivity index (χ4v) is 1.90. The minimum absolute atomic E-state index is 0.0146. The summed E-state index contributed by atoms with van der Waals surface area (Å²) < 4.78 is 13.3. The highest BCUT2D eigenvalue weighted by molar-refractivity contribution is 6.30. The van der Waals surface area contributed by atoms with E-state index in [1.165, 1.54) is 17.0 Å². The zero-order valence-electron chi connectivity index (χ0n) is 9.58. The predicted molar refractivity (Wildman–Crippen MR) is 64.9 cm³/mol. The lowest BCUT2D eigenvalue weighted by Gasteiger charge is -2.19. The van der Waals surface area contributed by atoms with Gasteiger partial charge in [0.2, 0.25) is 5.91 Å². The largest absolute Gasteiger partial charge is 0.354 e. The molecule has 18 heavy (non-hydrogen) atoms. The summed E-state index contributed by atoms with van der Waals surface area (Å²) in [6.07, 6.45) is 0.266. The summed E-state index contributed by atoms with van der Waals surface area (Å²) in [6.45, 7) is 1.18. The van der Waals surface area contributed by atoms with Crippen LogP contribution in [-0.4, -0.2) is 36.3 Å². The van der Waals surface area contributed by atoms with Crippen LogP contribution in [0.25, 0.3) is 0 Å². The summed E-state index contributed by atoms with van der Waals surface area (Å²) in [6, 6.07) is 3.95. The fraction of sp³-hybridized carbons (Fsp3) is 0.333. The predicted octanol–water partition coefficient (Wildman–Crippen LogP) is 1.44. The Balaban J connectivity index is 2.14. The van der Waals surface area contributed by atoms with E-state index in [2.05, 4.69) is 5.32 Å². The summed E-state index contributed by atoms with van der Waals surface area (Å²) in [5.41, 5.74) is 0.242. The molecule has 2 amide bonds. The van der Waals surface area contributed by atoms with Gasteiger partial charge < -0.3 is 10.2 Å². The maximum Gasteiger partial charge on any atom is 0.254 e. The van der Waals surface area contributed by atoms with E-state index in [1.807, 2.05) is 0 Å². The van der Waals surface area contributed by atoms with Gasteiger partial charge >= 0.3 is 0 Å². The van der Waals surface area contributed by atoms with E-state index in [0.29, 0.717) is 19.6 Å². The van der Waals surface area contributed by atoms with E-state index in [-0.39, 0.29) is 28.8 Å². The molecule has 0 spiro atoms. The number of benzene rings is 1. The SMILES string of the molecule is O=C1CCN(C(=O)c2ccc(Cl)c(F)c2)CCN1. The smallest absolute Gasteiger partial charge is 0.254 e. The maximum absolute atomic E-state index is 13.3. The lowest BCUT2D eigenvalue weighted by molar-refractivity contribution is -0.120. The van der Waals surface area contributed by atoms with Crippen molar-refractivity contribution in [3.8, 4) is 0 Å². The van der Waals surface area contributed by atoms with E-state index in [4.69, 9.17) is 11.6 Å². The molecule has 2 rings (SSSR count). The van der Waals surface area contributed by atoms with Gasteiger partial charge in [0.1, 0.15) is 5.82 Å². The zero-order valence-corrected chi connectivity index (χ0v) is 10.3. The third-order valence-electron chi connectivity index (χ3n) is 2.77. The Hall–Kier alpha value is -1.62. The molecule has 1 N–H and O–H groups in total. The van der Waals surface area contributed by atoms with Crippen molar-refractivity contribution >= 4 is 23.4 Å². The minimum Gasteiger partial charge on any atom is -0.354 e. The first-order valence-electron chi connectivity index (χ1n) is 5.59. The Kier molecular flexibility index (Phi) is 3.81. The monoisotopic (exact) mass is 270 g/mol. The van der Waals surface area contributed by atoms with Gasteiger partial charge in [0.15, 0.2) is 0 Å². The van der Waals surface area contributed by atoms with Crippen molar-refractivity contribution in [3.05, 3.63) is 34.6 Å². The molecule has 1 saturated heterocycles. The second-order valence-electron chi connectivity index (χ2n) is 4.02. The first-order valence-corrected chi connectivity index (χ1v) is 5.97. The average Bonchev–Trinajstić information content (AvgIpc) is 2.57. The standard InChI is InChI=1S/C12H12ClFN2O2/c13-9-2-1-8(7-10(9)14)12(18)16-5-3-11(17)15-4-6-16/h1-2,7H,3-6H2,(H,15,17). The molecule has 0 bridgehead atoms. The lowest BCUT2D eigenvalue weighted by Crippen LogP contribution is -2.34. The molecule has 96 valence electrons. The molecule has 0 atom stereocenters. The van der Waals surface area contributed by atoms with E-state index in [1.54, 1.807) is 0 Å². The van der Waals surface area contributed by atoms with Crippen LogP contribution in [0.2, 0.25) is 5.02 Å². The van der Waals surface area contributed by atoms with Gasteiger partial charge in [-0.15, -0.1) is 0 Å². The number of rotatable bonds is 1. The topological polar surface area (TPSA) is 49.4 Å². The molecule has 1 fully saturated rings. The molecule has 1 aromatic carbocycles. The van der Waals surface area contributed by atoms with Gasteiger partial charge in [-0.05, 0) is 18.2 Å². The van der Waals surface area contributed by atoms with Gasteiger partial charge in [-0.3, -0.25) is 9.59 Å². The molecular weight excluding hydrogens is 259 g/mol. The molecule has 1 aliphatic heterocycles. The van der Waals surface area contributed by atoms with Crippen LogP contribution < -0.4 is 5.32 Å². The molecule has 1 heterocycles. The number of nitrogens with zero attached hydrogens (tertiary/aromatic N) is 1. The average molecular weight is 271 g/mol. The van der Waals surface area contributed by atoms with Gasteiger partial charge in [-0.2, -0.15) is 0 Å². The molecule has 0 unspecified atom stereocenters. The highest BCUT2D eigenvalue weighted by Crippen LogP contribution is 2.17. The summed E-state index contributed by atoms with van der Waals surface area (Å²) >= 11 is 5.56. The van der Waals surface area contributed by atoms with Crippen LogP contribution in [-0.2, 0) is 4.79 Å². The quantitative estimate of drug-likeness (QED) is 0.840. The molecule has 0 aliphatic carbocycles. The second kappa shape index (κ2) is 5.35.